The topological polar surface area (TPSA) is 25.8 Å². The maximum Gasteiger partial charge on any atom is 2.00 e. The molecule has 0 N–H and O–H groups in total. The van der Waals surface area contributed by atoms with Crippen LogP contribution in [0.25, 0.3) is 66.3 Å². The monoisotopic (exact) mass is 755 g/mol. The quantitative estimate of drug-likeness (QED) is 0.167. The van der Waals surface area contributed by atoms with Crippen molar-refractivity contribution >= 4 is 21.5 Å². The summed E-state index contributed by atoms with van der Waals surface area (Å²) in [4.78, 5) is 8.97. The Balaban J connectivity index is 0.000000155. The number of fused-ring (bicyclic) bond motifs is 2. The summed E-state index contributed by atoms with van der Waals surface area (Å²) in [5.74, 6) is 0. The van der Waals surface area contributed by atoms with Crippen molar-refractivity contribution in [2.75, 3.05) is 0 Å². The molecule has 0 saturated heterocycles. The summed E-state index contributed by atoms with van der Waals surface area (Å²) >= 11 is 0. The van der Waals surface area contributed by atoms with E-state index in [0.717, 1.165) is 33.6 Å². The van der Waals surface area contributed by atoms with Crippen LogP contribution in [0, 0.1) is 12.1 Å². The van der Waals surface area contributed by atoms with Crippen molar-refractivity contribution in [1.82, 2.24) is 9.97 Å². The third-order valence-electron chi connectivity index (χ3n) is 7.71. The second-order valence-electron chi connectivity index (χ2n) is 10.4. The molecule has 0 fully saturated rings. The number of nitrogens with zero attached hydrogens (tertiary/aromatic N) is 2. The minimum Gasteiger partial charge on any atom is -0.305 e. The fourth-order valence-corrected chi connectivity index (χ4v) is 5.69. The SMILES string of the molecule is [Pt+2].[c-]1cccc(-c2cccc3ccccc23)c1-c1ccccn1.[c-]1cccc(-c2cccc3ccccc23)c1-c1ccccn1. The molecule has 0 aliphatic heterocycles. The molecule has 3 heteroatoms. The number of aromatic nitrogens is 2. The van der Waals surface area contributed by atoms with Gasteiger partial charge in [-0.25, -0.2) is 0 Å². The number of pyridine rings is 2. The van der Waals surface area contributed by atoms with Gasteiger partial charge in [0.2, 0.25) is 0 Å². The Morgan fingerprint density at radius 2 is 0.756 bits per heavy atom. The molecule has 8 aromatic rings. The van der Waals surface area contributed by atoms with Gasteiger partial charge in [0.1, 0.15) is 0 Å². The number of rotatable bonds is 4. The molecule has 0 radical (unpaired) electrons. The zero-order valence-corrected chi connectivity index (χ0v) is 26.6. The Kier molecular flexibility index (Phi) is 9.35. The van der Waals surface area contributed by atoms with Crippen LogP contribution >= 0.6 is 0 Å². The van der Waals surface area contributed by atoms with E-state index >= 15 is 0 Å². The second kappa shape index (κ2) is 14.1. The van der Waals surface area contributed by atoms with Crippen molar-refractivity contribution in [3.05, 3.63) is 182 Å². The summed E-state index contributed by atoms with van der Waals surface area (Å²) in [6.07, 6.45) is 3.64. The zero-order chi connectivity index (χ0) is 29.6. The zero-order valence-electron chi connectivity index (χ0n) is 24.4. The van der Waals surface area contributed by atoms with E-state index in [9.17, 15) is 0 Å². The summed E-state index contributed by atoms with van der Waals surface area (Å²) in [6.45, 7) is 0. The smallest absolute Gasteiger partial charge is 0.305 e. The first-order valence-electron chi connectivity index (χ1n) is 14.7. The average Bonchev–Trinajstić information content (AvgIpc) is 3.12. The molecule has 8 rings (SSSR count). The molecule has 0 bridgehead atoms. The van der Waals surface area contributed by atoms with Crippen molar-refractivity contribution in [1.29, 1.82) is 0 Å². The molecule has 0 aliphatic rings. The van der Waals surface area contributed by atoms with Crippen LogP contribution < -0.4 is 0 Å². The van der Waals surface area contributed by atoms with Gasteiger partial charge in [-0.05, 0) is 45.1 Å². The molecule has 0 saturated carbocycles. The van der Waals surface area contributed by atoms with Crippen molar-refractivity contribution in [2.45, 2.75) is 0 Å². The first kappa shape index (κ1) is 29.9. The molecule has 0 aliphatic carbocycles. The molecule has 2 nitrogen and oxygen atoms in total. The van der Waals surface area contributed by atoms with Crippen LogP contribution in [0.1, 0.15) is 0 Å². The molecule has 6 aromatic carbocycles. The number of benzene rings is 6. The second-order valence-corrected chi connectivity index (χ2v) is 10.4. The van der Waals surface area contributed by atoms with E-state index in [-0.39, 0.29) is 21.1 Å². The van der Waals surface area contributed by atoms with Gasteiger partial charge in [0, 0.05) is 12.4 Å². The summed E-state index contributed by atoms with van der Waals surface area (Å²) in [7, 11) is 0. The first-order chi connectivity index (χ1) is 21.9. The van der Waals surface area contributed by atoms with E-state index in [4.69, 9.17) is 0 Å². The third kappa shape index (κ3) is 6.38. The molecule has 0 spiro atoms. The van der Waals surface area contributed by atoms with Gasteiger partial charge in [-0.3, -0.25) is 0 Å². The van der Waals surface area contributed by atoms with Gasteiger partial charge in [0.05, 0.1) is 0 Å². The van der Waals surface area contributed by atoms with E-state index in [2.05, 4.69) is 119 Å². The maximum absolute atomic E-state index is 4.48. The Morgan fingerprint density at radius 1 is 0.356 bits per heavy atom. The molecule has 216 valence electrons. The van der Waals surface area contributed by atoms with Crippen molar-refractivity contribution in [3.8, 4) is 44.8 Å². The van der Waals surface area contributed by atoms with E-state index in [1.165, 1.54) is 32.7 Å². The molecule has 2 aromatic heterocycles. The fourth-order valence-electron chi connectivity index (χ4n) is 5.69. The summed E-state index contributed by atoms with van der Waals surface area (Å²) in [5, 5.41) is 5.00. The van der Waals surface area contributed by atoms with Crippen LogP contribution in [0.3, 0.4) is 0 Å². The average molecular weight is 756 g/mol. The largest absolute Gasteiger partial charge is 2.00 e. The van der Waals surface area contributed by atoms with Crippen LogP contribution in [0.2, 0.25) is 0 Å². The van der Waals surface area contributed by atoms with Gasteiger partial charge in [-0.1, -0.05) is 131 Å². The summed E-state index contributed by atoms with van der Waals surface area (Å²) < 4.78 is 0. The van der Waals surface area contributed by atoms with Crippen LogP contribution in [-0.4, -0.2) is 9.97 Å². The van der Waals surface area contributed by atoms with E-state index in [0.29, 0.717) is 0 Å². The first-order valence-corrected chi connectivity index (χ1v) is 14.7. The Bertz CT molecular complexity index is 2010. The van der Waals surface area contributed by atoms with Gasteiger partial charge >= 0.3 is 21.1 Å². The molecule has 45 heavy (non-hydrogen) atoms. The predicted octanol–water partition coefficient (Wildman–Crippen LogP) is 10.7. The minimum absolute atomic E-state index is 0. The van der Waals surface area contributed by atoms with Gasteiger partial charge in [-0.15, -0.1) is 59.7 Å². The molecular formula is C42H28N2Pt. The Labute approximate surface area is 278 Å². The van der Waals surface area contributed by atoms with Crippen LogP contribution in [0.15, 0.2) is 170 Å². The van der Waals surface area contributed by atoms with Crippen molar-refractivity contribution in [2.24, 2.45) is 0 Å². The third-order valence-corrected chi connectivity index (χ3v) is 7.71. The molecular weight excluding hydrogens is 728 g/mol. The van der Waals surface area contributed by atoms with Gasteiger partial charge in [0.25, 0.3) is 0 Å². The van der Waals surface area contributed by atoms with Crippen LogP contribution in [-0.2, 0) is 21.1 Å². The van der Waals surface area contributed by atoms with Crippen molar-refractivity contribution in [3.63, 3.8) is 0 Å². The maximum atomic E-state index is 4.48. The van der Waals surface area contributed by atoms with Gasteiger partial charge in [-0.2, -0.15) is 0 Å². The Hall–Kier alpha value is -5.17. The Morgan fingerprint density at radius 3 is 1.20 bits per heavy atom. The number of hydrogen-bond donors (Lipinski definition) is 0. The van der Waals surface area contributed by atoms with E-state index in [1.807, 2.05) is 73.1 Å². The standard InChI is InChI=1S/2C21H14N.Pt/c2*1-2-10-17-16(8-1)9-7-13-18(17)19-11-3-4-12-20(19)21-14-5-6-15-22-21;/h2*1-11,13-15H;/q2*-1;+2. The molecule has 0 unspecified atom stereocenters. The normalized spacial score (nSPS) is 10.5. The van der Waals surface area contributed by atoms with Crippen LogP contribution in [0.4, 0.5) is 0 Å². The fraction of sp³-hybridized carbons (Fsp3) is 0. The van der Waals surface area contributed by atoms with E-state index < -0.39 is 0 Å². The molecule has 0 atom stereocenters. The van der Waals surface area contributed by atoms with E-state index in [1.54, 1.807) is 0 Å². The summed E-state index contributed by atoms with van der Waals surface area (Å²) in [5.41, 5.74) is 8.75. The van der Waals surface area contributed by atoms with Gasteiger partial charge < -0.3 is 9.97 Å². The molecule has 2 heterocycles. The minimum atomic E-state index is 0. The molecule has 0 amide bonds. The van der Waals surface area contributed by atoms with Crippen molar-refractivity contribution < 1.29 is 21.1 Å². The van der Waals surface area contributed by atoms with Crippen LogP contribution in [0.5, 0.6) is 0 Å². The number of hydrogen-bond acceptors (Lipinski definition) is 2. The predicted molar refractivity (Wildman–Crippen MR) is 183 cm³/mol. The summed E-state index contributed by atoms with van der Waals surface area (Å²) in [6, 6.07) is 60.6. The van der Waals surface area contributed by atoms with Gasteiger partial charge in [0.15, 0.2) is 0 Å².